The minimum atomic E-state index is -0.261. The quantitative estimate of drug-likeness (QED) is 0.395. The molecule has 1 aromatic heterocycles. The lowest BCUT2D eigenvalue weighted by Gasteiger charge is -2.35. The van der Waals surface area contributed by atoms with Crippen LogP contribution in [0.1, 0.15) is 36.2 Å². The Morgan fingerprint density at radius 3 is 2.61 bits per heavy atom. The van der Waals surface area contributed by atoms with E-state index in [1.807, 2.05) is 55.6 Å². The van der Waals surface area contributed by atoms with Crippen LogP contribution in [0.5, 0.6) is 0 Å². The lowest BCUT2D eigenvalue weighted by molar-refractivity contribution is -0.111. The Morgan fingerprint density at radius 2 is 1.86 bits per heavy atom. The van der Waals surface area contributed by atoms with Crippen LogP contribution in [0.3, 0.4) is 0 Å². The molecule has 0 bridgehead atoms. The van der Waals surface area contributed by atoms with Crippen LogP contribution in [0.25, 0.3) is 22.0 Å². The lowest BCUT2D eigenvalue weighted by Crippen LogP contribution is -2.44. The van der Waals surface area contributed by atoms with Gasteiger partial charge >= 0.3 is 0 Å². The van der Waals surface area contributed by atoms with Crippen LogP contribution in [0, 0.1) is 0 Å². The van der Waals surface area contributed by atoms with Crippen molar-refractivity contribution in [1.29, 1.82) is 0 Å². The molecule has 0 unspecified atom stereocenters. The molecule has 36 heavy (non-hydrogen) atoms. The van der Waals surface area contributed by atoms with E-state index in [0.29, 0.717) is 23.1 Å². The maximum absolute atomic E-state index is 13.0. The third-order valence-corrected chi connectivity index (χ3v) is 6.97. The second-order valence-corrected chi connectivity index (χ2v) is 9.41. The summed E-state index contributed by atoms with van der Waals surface area (Å²) in [6.07, 6.45) is 5.37. The zero-order valence-corrected chi connectivity index (χ0v) is 21.1. The second kappa shape index (κ2) is 11.9. The molecule has 0 radical (unpaired) electrons. The van der Waals surface area contributed by atoms with Crippen molar-refractivity contribution in [3.63, 3.8) is 0 Å². The number of hydrogen-bond acceptors (Lipinski definition) is 5. The number of rotatable bonds is 9. The van der Waals surface area contributed by atoms with E-state index in [0.717, 1.165) is 55.1 Å². The number of hydrogen-bond donors (Lipinski definition) is 3. The monoisotopic (exact) mass is 485 g/mol. The van der Waals surface area contributed by atoms with E-state index in [4.69, 9.17) is 0 Å². The molecule has 1 heterocycles. The van der Waals surface area contributed by atoms with Crippen LogP contribution >= 0.6 is 0 Å². The first-order chi connectivity index (χ1) is 17.5. The first-order valence-electron chi connectivity index (χ1n) is 12.6. The van der Waals surface area contributed by atoms with Crippen molar-refractivity contribution in [3.8, 4) is 11.3 Å². The summed E-state index contributed by atoms with van der Waals surface area (Å²) in [7, 11) is 4.16. The number of likely N-dealkylation sites (N-methyl/N-ethyl adjacent to an activating group) is 2. The number of fused-ring (bicyclic) bond motifs is 1. The van der Waals surface area contributed by atoms with E-state index < -0.39 is 0 Å². The highest BCUT2D eigenvalue weighted by atomic mass is 16.2. The molecule has 4 rings (SSSR count). The summed E-state index contributed by atoms with van der Waals surface area (Å²) in [5.74, 6) is -0.396. The van der Waals surface area contributed by atoms with Crippen molar-refractivity contribution in [1.82, 2.24) is 20.5 Å². The van der Waals surface area contributed by atoms with E-state index in [9.17, 15) is 9.59 Å². The normalized spacial score (nSPS) is 17.6. The number of nitrogens with zero attached hydrogens (tertiary/aromatic N) is 2. The zero-order chi connectivity index (χ0) is 25.5. The minimum absolute atomic E-state index is 0.136. The van der Waals surface area contributed by atoms with E-state index in [1.165, 1.54) is 6.08 Å². The summed E-state index contributed by atoms with van der Waals surface area (Å²) < 4.78 is 0. The molecule has 7 nitrogen and oxygen atoms in total. The van der Waals surface area contributed by atoms with E-state index in [1.54, 1.807) is 6.07 Å². The van der Waals surface area contributed by atoms with Crippen LogP contribution in [-0.4, -0.2) is 61.0 Å². The summed E-state index contributed by atoms with van der Waals surface area (Å²) in [5.41, 5.74) is 2.71. The standard InChI is InChI=1S/C29H35N5O2/c1-4-28(35)33-26-9-5-7-20-11-12-21(19-24(20)26)25-8-6-10-27(32-25)29(36)31-22-13-15-23(16-14-22)34(3)18-17-30-2/h4-12,19,22-23,30H,1,13-18H2,2-3H3,(H,31,36)(H,33,35)/t22-,23-. The SMILES string of the molecule is C=CC(=O)Nc1cccc2ccc(-c3cccc(C(=O)N[C@H]4CC[C@H](N(C)CCNC)CC4)n3)cc12. The predicted molar refractivity (Wildman–Crippen MR) is 146 cm³/mol. The van der Waals surface area contributed by atoms with Crippen molar-refractivity contribution in [2.45, 2.75) is 37.8 Å². The zero-order valence-electron chi connectivity index (χ0n) is 21.1. The molecular formula is C29H35N5O2. The molecule has 2 amide bonds. The molecule has 188 valence electrons. The maximum atomic E-state index is 13.0. The molecule has 7 heteroatoms. The summed E-state index contributed by atoms with van der Waals surface area (Å²) in [5, 5.41) is 11.2. The van der Waals surface area contributed by atoms with Crippen LogP contribution in [0.2, 0.25) is 0 Å². The van der Waals surface area contributed by atoms with Gasteiger partial charge in [0.25, 0.3) is 5.91 Å². The fourth-order valence-electron chi connectivity index (χ4n) is 4.84. The van der Waals surface area contributed by atoms with Crippen molar-refractivity contribution in [3.05, 3.63) is 72.9 Å². The number of amides is 2. The van der Waals surface area contributed by atoms with Gasteiger partial charge in [0.15, 0.2) is 0 Å². The fraction of sp³-hybridized carbons (Fsp3) is 0.345. The average Bonchev–Trinajstić information content (AvgIpc) is 2.92. The van der Waals surface area contributed by atoms with Crippen LogP contribution in [-0.2, 0) is 4.79 Å². The molecule has 0 aliphatic heterocycles. The third kappa shape index (κ3) is 6.17. The van der Waals surface area contributed by atoms with Crippen molar-refractivity contribution >= 4 is 28.3 Å². The van der Waals surface area contributed by atoms with Gasteiger partial charge in [0, 0.05) is 41.8 Å². The Balaban J connectivity index is 1.45. The molecule has 0 spiro atoms. The molecule has 1 aliphatic rings. The number of nitrogens with one attached hydrogen (secondary N) is 3. The third-order valence-electron chi connectivity index (χ3n) is 6.97. The van der Waals surface area contributed by atoms with Crippen LogP contribution < -0.4 is 16.0 Å². The smallest absolute Gasteiger partial charge is 0.270 e. The van der Waals surface area contributed by atoms with Gasteiger partial charge in [-0.15, -0.1) is 0 Å². The highest BCUT2D eigenvalue weighted by Gasteiger charge is 2.25. The number of anilines is 1. The van der Waals surface area contributed by atoms with Gasteiger partial charge < -0.3 is 20.9 Å². The highest BCUT2D eigenvalue weighted by molar-refractivity contribution is 6.06. The van der Waals surface area contributed by atoms with Gasteiger partial charge in [0.2, 0.25) is 5.91 Å². The highest BCUT2D eigenvalue weighted by Crippen LogP contribution is 2.29. The summed E-state index contributed by atoms with van der Waals surface area (Å²) in [6.45, 7) is 5.54. The number of pyridine rings is 1. The van der Waals surface area contributed by atoms with Crippen molar-refractivity contribution in [2.24, 2.45) is 0 Å². The largest absolute Gasteiger partial charge is 0.348 e. The first-order valence-corrected chi connectivity index (χ1v) is 12.6. The Bertz CT molecular complexity index is 1230. The van der Waals surface area contributed by atoms with E-state index in [2.05, 4.69) is 39.5 Å². The van der Waals surface area contributed by atoms with Crippen molar-refractivity contribution < 1.29 is 9.59 Å². The topological polar surface area (TPSA) is 86.4 Å². The lowest BCUT2D eigenvalue weighted by atomic mass is 9.90. The molecule has 1 fully saturated rings. The Morgan fingerprint density at radius 1 is 1.08 bits per heavy atom. The molecular weight excluding hydrogens is 450 g/mol. The molecule has 0 saturated heterocycles. The minimum Gasteiger partial charge on any atom is -0.348 e. The molecule has 2 aromatic carbocycles. The predicted octanol–water partition coefficient (Wildman–Crippen LogP) is 4.22. The molecule has 1 aliphatic carbocycles. The molecule has 1 saturated carbocycles. The molecule has 3 N–H and O–H groups in total. The van der Waals surface area contributed by atoms with Gasteiger partial charge in [-0.3, -0.25) is 9.59 Å². The maximum Gasteiger partial charge on any atom is 0.270 e. The average molecular weight is 486 g/mol. The fourth-order valence-corrected chi connectivity index (χ4v) is 4.84. The van der Waals surface area contributed by atoms with Gasteiger partial charge in [-0.25, -0.2) is 4.98 Å². The number of aromatic nitrogens is 1. The van der Waals surface area contributed by atoms with Gasteiger partial charge in [0.1, 0.15) is 5.69 Å². The number of carbonyl (C=O) groups is 2. The summed E-state index contributed by atoms with van der Waals surface area (Å²) in [6, 6.07) is 18.0. The Kier molecular flexibility index (Phi) is 8.46. The molecule has 3 aromatic rings. The first kappa shape index (κ1) is 25.5. The Labute approximate surface area is 213 Å². The second-order valence-electron chi connectivity index (χ2n) is 9.41. The summed E-state index contributed by atoms with van der Waals surface area (Å²) in [4.78, 5) is 32.0. The number of benzene rings is 2. The van der Waals surface area contributed by atoms with Crippen LogP contribution in [0.4, 0.5) is 5.69 Å². The van der Waals surface area contributed by atoms with E-state index in [-0.39, 0.29) is 17.9 Å². The van der Waals surface area contributed by atoms with Gasteiger partial charge in [-0.05, 0) is 75.5 Å². The summed E-state index contributed by atoms with van der Waals surface area (Å²) >= 11 is 0. The van der Waals surface area contributed by atoms with Crippen LogP contribution in [0.15, 0.2) is 67.3 Å². The van der Waals surface area contributed by atoms with E-state index >= 15 is 0 Å². The van der Waals surface area contributed by atoms with Gasteiger partial charge in [-0.2, -0.15) is 0 Å². The Hall–Kier alpha value is -3.55. The van der Waals surface area contributed by atoms with Gasteiger partial charge in [-0.1, -0.05) is 36.9 Å². The van der Waals surface area contributed by atoms with Gasteiger partial charge in [0.05, 0.1) is 5.69 Å². The molecule has 0 atom stereocenters. The number of carbonyl (C=O) groups excluding carboxylic acids is 2. The van der Waals surface area contributed by atoms with Crippen molar-refractivity contribution in [2.75, 3.05) is 32.5 Å².